The molecule has 22 heavy (non-hydrogen) atoms. The zero-order valence-corrected chi connectivity index (χ0v) is 15.4. The van der Waals surface area contributed by atoms with Gasteiger partial charge in [0.2, 0.25) is 0 Å². The smallest absolute Gasteiger partial charge is 0.444 e. The number of amides is 1. The van der Waals surface area contributed by atoms with Crippen LogP contribution in [0.1, 0.15) is 60.8 Å². The number of rotatable bonds is 10. The number of hydrogen-bond acceptors (Lipinski definition) is 6. The fourth-order valence-corrected chi connectivity index (χ4v) is 2.85. The Bertz CT molecular complexity index is 359. The lowest BCUT2D eigenvalue weighted by molar-refractivity contribution is 0.0266. The molecule has 7 nitrogen and oxygen atoms in total. The Kier molecular flexibility index (Phi) is 9.92. The minimum absolute atomic E-state index is 0.185. The van der Waals surface area contributed by atoms with Gasteiger partial charge in [-0.1, -0.05) is 13.3 Å². The summed E-state index contributed by atoms with van der Waals surface area (Å²) in [4.78, 5) is 11.8. The molecule has 1 atom stereocenters. The number of phosphoric ester groups is 1. The Balaban J connectivity index is 4.80. The van der Waals surface area contributed by atoms with Crippen molar-refractivity contribution >= 4 is 13.9 Å². The number of carbonyl (C=O) groups is 1. The molecule has 8 heteroatoms. The first-order valence-corrected chi connectivity index (χ1v) is 9.18. The van der Waals surface area contributed by atoms with Crippen LogP contribution in [0.3, 0.4) is 0 Å². The number of ether oxygens (including phenoxy) is 1. The molecule has 0 rings (SSSR count). The third kappa shape index (κ3) is 10.2. The SMILES string of the molecule is CCCCC(NC(=O)OC(C)(C)C)OP(=O)(OCC)OCC. The van der Waals surface area contributed by atoms with Gasteiger partial charge in [-0.05, 0) is 47.5 Å². The Morgan fingerprint density at radius 2 is 1.68 bits per heavy atom. The molecule has 0 aliphatic carbocycles. The van der Waals surface area contributed by atoms with Crippen molar-refractivity contribution in [3.63, 3.8) is 0 Å². The van der Waals surface area contributed by atoms with Gasteiger partial charge < -0.3 is 4.74 Å². The molecule has 0 fully saturated rings. The van der Waals surface area contributed by atoms with E-state index in [4.69, 9.17) is 18.3 Å². The second kappa shape index (κ2) is 10.2. The summed E-state index contributed by atoms with van der Waals surface area (Å²) >= 11 is 0. The average Bonchev–Trinajstić information content (AvgIpc) is 2.33. The predicted octanol–water partition coefficient (Wildman–Crippen LogP) is 4.23. The summed E-state index contributed by atoms with van der Waals surface area (Å²) in [5.41, 5.74) is -0.622. The van der Waals surface area contributed by atoms with Crippen molar-refractivity contribution in [2.45, 2.75) is 72.6 Å². The average molecular weight is 339 g/mol. The molecule has 0 heterocycles. The molecule has 0 radical (unpaired) electrons. The predicted molar refractivity (Wildman–Crippen MR) is 84.6 cm³/mol. The van der Waals surface area contributed by atoms with Crippen LogP contribution >= 0.6 is 7.82 Å². The van der Waals surface area contributed by atoms with Gasteiger partial charge in [-0.25, -0.2) is 9.36 Å². The zero-order chi connectivity index (χ0) is 17.2. The molecule has 132 valence electrons. The first-order valence-electron chi connectivity index (χ1n) is 7.72. The van der Waals surface area contributed by atoms with Crippen LogP contribution in [0.4, 0.5) is 4.79 Å². The van der Waals surface area contributed by atoms with E-state index in [2.05, 4.69) is 5.32 Å². The molecule has 0 aliphatic rings. The molecule has 0 aromatic rings. The number of unbranched alkanes of at least 4 members (excludes halogenated alkanes) is 1. The van der Waals surface area contributed by atoms with Gasteiger partial charge in [0.15, 0.2) is 0 Å². The van der Waals surface area contributed by atoms with Gasteiger partial charge >= 0.3 is 13.9 Å². The first kappa shape index (κ1) is 21.4. The fourth-order valence-electron chi connectivity index (χ4n) is 1.55. The molecular weight excluding hydrogens is 309 g/mol. The van der Waals surface area contributed by atoms with Crippen LogP contribution in [-0.4, -0.2) is 31.1 Å². The van der Waals surface area contributed by atoms with Crippen LogP contribution < -0.4 is 5.32 Å². The summed E-state index contributed by atoms with van der Waals surface area (Å²) in [6.07, 6.45) is 0.758. The van der Waals surface area contributed by atoms with Crippen LogP contribution in [0, 0.1) is 0 Å². The lowest BCUT2D eigenvalue weighted by Gasteiger charge is -2.26. The van der Waals surface area contributed by atoms with E-state index in [0.717, 1.165) is 12.8 Å². The molecule has 0 saturated heterocycles. The van der Waals surface area contributed by atoms with E-state index in [1.807, 2.05) is 6.92 Å². The Morgan fingerprint density at radius 1 is 1.14 bits per heavy atom. The number of alkyl carbamates (subject to hydrolysis) is 1. The quantitative estimate of drug-likeness (QED) is 0.474. The molecule has 1 N–H and O–H groups in total. The second-order valence-electron chi connectivity index (χ2n) is 5.67. The van der Waals surface area contributed by atoms with Gasteiger partial charge in [0, 0.05) is 0 Å². The van der Waals surface area contributed by atoms with Crippen molar-refractivity contribution in [3.05, 3.63) is 0 Å². The molecule has 0 spiro atoms. The van der Waals surface area contributed by atoms with Crippen molar-refractivity contribution in [1.82, 2.24) is 5.32 Å². The van der Waals surface area contributed by atoms with Crippen molar-refractivity contribution in [2.75, 3.05) is 13.2 Å². The highest BCUT2D eigenvalue weighted by atomic mass is 31.2. The summed E-state index contributed by atoms with van der Waals surface area (Å²) in [6.45, 7) is 11.1. The topological polar surface area (TPSA) is 83.1 Å². The van der Waals surface area contributed by atoms with Crippen LogP contribution in [-0.2, 0) is 22.9 Å². The summed E-state index contributed by atoms with van der Waals surface area (Å²) in [5, 5.41) is 2.57. The van der Waals surface area contributed by atoms with Crippen molar-refractivity contribution in [1.29, 1.82) is 0 Å². The van der Waals surface area contributed by atoms with Gasteiger partial charge in [0.1, 0.15) is 11.8 Å². The molecule has 0 aliphatic heterocycles. The number of carbonyl (C=O) groups excluding carboxylic acids is 1. The van der Waals surface area contributed by atoms with E-state index < -0.39 is 25.7 Å². The maximum absolute atomic E-state index is 12.4. The summed E-state index contributed by atoms with van der Waals surface area (Å²) in [6, 6.07) is 0. The number of nitrogens with one attached hydrogen (secondary N) is 1. The largest absolute Gasteiger partial charge is 0.476 e. The lowest BCUT2D eigenvalue weighted by Crippen LogP contribution is -2.40. The summed E-state index contributed by atoms with van der Waals surface area (Å²) < 4.78 is 33.1. The first-order chi connectivity index (χ1) is 10.2. The van der Waals surface area contributed by atoms with E-state index in [0.29, 0.717) is 6.42 Å². The molecule has 0 saturated carbocycles. The molecular formula is C14H30NO6P. The van der Waals surface area contributed by atoms with Crippen molar-refractivity contribution in [3.8, 4) is 0 Å². The Morgan fingerprint density at radius 3 is 2.09 bits per heavy atom. The number of phosphoric acid groups is 1. The fraction of sp³-hybridized carbons (Fsp3) is 0.929. The zero-order valence-electron chi connectivity index (χ0n) is 14.5. The Hall–Kier alpha value is -0.620. The van der Waals surface area contributed by atoms with Gasteiger partial charge in [-0.15, -0.1) is 0 Å². The third-order valence-electron chi connectivity index (χ3n) is 2.33. The maximum atomic E-state index is 12.4. The van der Waals surface area contributed by atoms with Gasteiger partial charge in [0.25, 0.3) is 0 Å². The van der Waals surface area contributed by atoms with Gasteiger partial charge in [-0.2, -0.15) is 0 Å². The monoisotopic (exact) mass is 339 g/mol. The van der Waals surface area contributed by atoms with E-state index >= 15 is 0 Å². The van der Waals surface area contributed by atoms with Crippen LogP contribution in [0.25, 0.3) is 0 Å². The van der Waals surface area contributed by atoms with Crippen molar-refractivity contribution < 1.29 is 27.7 Å². The van der Waals surface area contributed by atoms with E-state index in [1.165, 1.54) is 0 Å². The van der Waals surface area contributed by atoms with Gasteiger partial charge in [0.05, 0.1) is 13.2 Å². The molecule has 0 aromatic heterocycles. The van der Waals surface area contributed by atoms with Crippen LogP contribution in [0.2, 0.25) is 0 Å². The minimum Gasteiger partial charge on any atom is -0.444 e. The lowest BCUT2D eigenvalue weighted by atomic mass is 10.2. The normalized spacial score (nSPS) is 13.7. The van der Waals surface area contributed by atoms with Crippen molar-refractivity contribution in [2.24, 2.45) is 0 Å². The van der Waals surface area contributed by atoms with E-state index in [-0.39, 0.29) is 13.2 Å². The Labute approximate surface area is 133 Å². The van der Waals surface area contributed by atoms with Gasteiger partial charge in [-0.3, -0.25) is 18.9 Å². The second-order valence-corrected chi connectivity index (χ2v) is 7.29. The summed E-state index contributed by atoms with van der Waals surface area (Å²) in [7, 11) is -3.69. The van der Waals surface area contributed by atoms with Crippen LogP contribution in [0.15, 0.2) is 0 Å². The molecule has 1 unspecified atom stereocenters. The standard InChI is InChI=1S/C14H30NO6P/c1-7-10-11-12(15-13(16)20-14(4,5)6)21-22(17,18-8-2)19-9-3/h12H,7-11H2,1-6H3,(H,15,16). The third-order valence-corrected chi connectivity index (χ3v) is 3.99. The van der Waals surface area contributed by atoms with E-state index in [1.54, 1.807) is 34.6 Å². The molecule has 0 aromatic carbocycles. The maximum Gasteiger partial charge on any atom is 0.476 e. The molecule has 1 amide bonds. The van der Waals surface area contributed by atoms with Crippen LogP contribution in [0.5, 0.6) is 0 Å². The minimum atomic E-state index is -3.69. The highest BCUT2D eigenvalue weighted by molar-refractivity contribution is 7.48. The van der Waals surface area contributed by atoms with E-state index in [9.17, 15) is 9.36 Å². The number of hydrogen-bond donors (Lipinski definition) is 1. The summed E-state index contributed by atoms with van der Waals surface area (Å²) in [5.74, 6) is 0. The highest BCUT2D eigenvalue weighted by Crippen LogP contribution is 2.50. The highest BCUT2D eigenvalue weighted by Gasteiger charge is 2.31. The molecule has 0 bridgehead atoms.